The summed E-state index contributed by atoms with van der Waals surface area (Å²) in [6, 6.07) is 16.9. The van der Waals surface area contributed by atoms with Gasteiger partial charge in [-0.15, -0.1) is 0 Å². The van der Waals surface area contributed by atoms with E-state index >= 15 is 0 Å². The molecule has 24 heavy (non-hydrogen) atoms. The summed E-state index contributed by atoms with van der Waals surface area (Å²) in [7, 11) is 0. The molecule has 1 heterocycles. The number of benzene rings is 3. The first-order valence-corrected chi connectivity index (χ1v) is 7.36. The highest BCUT2D eigenvalue weighted by Gasteiger charge is 2.31. The van der Waals surface area contributed by atoms with E-state index in [1.807, 2.05) is 6.07 Å². The Balaban J connectivity index is 1.75. The van der Waals surface area contributed by atoms with E-state index in [1.54, 1.807) is 48.5 Å². The third kappa shape index (κ3) is 2.21. The predicted octanol–water partition coefficient (Wildman–Crippen LogP) is 3.37. The Morgan fingerprint density at radius 3 is 2.71 bits per heavy atom. The number of nitrogens with one attached hydrogen (secondary N) is 1. The molecular weight excluding hydrogens is 306 g/mol. The minimum Gasteiger partial charge on any atom is -0.595 e. The minimum atomic E-state index is -1.17. The number of hydroxylamine groups is 1. The zero-order valence-electron chi connectivity index (χ0n) is 12.5. The van der Waals surface area contributed by atoms with E-state index in [9.17, 15) is 15.1 Å². The van der Waals surface area contributed by atoms with Crippen LogP contribution in [0.1, 0.15) is 10.4 Å². The van der Waals surface area contributed by atoms with Crippen LogP contribution in [-0.4, -0.2) is 17.4 Å². The van der Waals surface area contributed by atoms with Crippen LogP contribution in [0.5, 0.6) is 5.75 Å². The fourth-order valence-corrected chi connectivity index (χ4v) is 2.84. The number of hydrogen-bond acceptors (Lipinski definition) is 4. The lowest BCUT2D eigenvalue weighted by Crippen LogP contribution is -2.55. The summed E-state index contributed by atoms with van der Waals surface area (Å²) >= 11 is 0. The highest BCUT2D eigenvalue weighted by atomic mass is 16.6. The molecular formula is C18H13N3O3. The van der Waals surface area contributed by atoms with Crippen molar-refractivity contribution in [2.24, 2.45) is 4.99 Å². The molecule has 0 saturated carbocycles. The molecule has 118 valence electrons. The van der Waals surface area contributed by atoms with Crippen molar-refractivity contribution in [3.8, 4) is 5.75 Å². The number of fused-ring (bicyclic) bond motifs is 2. The summed E-state index contributed by atoms with van der Waals surface area (Å²) < 4.78 is -1.17. The van der Waals surface area contributed by atoms with E-state index < -0.39 is 10.7 Å². The van der Waals surface area contributed by atoms with E-state index in [1.165, 1.54) is 6.07 Å². The standard InChI is InChI=1S/C18H13N3O3/c22-13-9-12-5-1-2-6-14(12)15(10-13)18(23)20-21(24)11-19-16-7-3-4-8-17(16)21/h1-11,22H,(H,20,23). The predicted molar refractivity (Wildman–Crippen MR) is 92.8 cm³/mol. The van der Waals surface area contributed by atoms with Gasteiger partial charge >= 0.3 is 0 Å². The normalized spacial score (nSPS) is 18.5. The maximum atomic E-state index is 12.9. The Morgan fingerprint density at radius 2 is 1.83 bits per heavy atom. The molecule has 1 aliphatic rings. The lowest BCUT2D eigenvalue weighted by atomic mass is 10.0. The number of phenols is 1. The monoisotopic (exact) mass is 319 g/mol. The van der Waals surface area contributed by atoms with Crippen LogP contribution in [0.4, 0.5) is 11.4 Å². The molecule has 1 aliphatic heterocycles. The molecule has 1 amide bonds. The van der Waals surface area contributed by atoms with Crippen molar-refractivity contribution in [2.45, 2.75) is 0 Å². The second kappa shape index (κ2) is 5.16. The van der Waals surface area contributed by atoms with E-state index in [4.69, 9.17) is 0 Å². The number of aromatic hydroxyl groups is 1. The third-order valence-corrected chi connectivity index (χ3v) is 3.96. The van der Waals surface area contributed by atoms with Gasteiger partial charge in [-0.25, -0.2) is 0 Å². The summed E-state index contributed by atoms with van der Waals surface area (Å²) in [6.07, 6.45) is 1.13. The van der Waals surface area contributed by atoms with Crippen molar-refractivity contribution < 1.29 is 9.90 Å². The molecule has 0 aromatic heterocycles. The molecule has 0 fully saturated rings. The molecule has 1 unspecified atom stereocenters. The summed E-state index contributed by atoms with van der Waals surface area (Å²) in [5.74, 6) is -0.618. The average molecular weight is 319 g/mol. The first-order chi connectivity index (χ1) is 11.6. The van der Waals surface area contributed by atoms with Gasteiger partial charge < -0.3 is 10.3 Å². The quantitative estimate of drug-likeness (QED) is 0.561. The number of para-hydroxylation sites is 2. The van der Waals surface area contributed by atoms with Crippen molar-refractivity contribution in [1.82, 2.24) is 10.2 Å². The molecule has 0 spiro atoms. The largest absolute Gasteiger partial charge is 0.595 e. The van der Waals surface area contributed by atoms with Gasteiger partial charge in [0.1, 0.15) is 11.4 Å². The van der Waals surface area contributed by atoms with Crippen LogP contribution < -0.4 is 10.2 Å². The van der Waals surface area contributed by atoms with Gasteiger partial charge in [0.15, 0.2) is 5.69 Å². The lowest BCUT2D eigenvalue weighted by Gasteiger charge is -2.33. The van der Waals surface area contributed by atoms with Crippen LogP contribution in [0.15, 0.2) is 65.7 Å². The van der Waals surface area contributed by atoms with Crippen LogP contribution in [0, 0.1) is 5.21 Å². The second-order valence-corrected chi connectivity index (χ2v) is 5.55. The number of carbonyl (C=O) groups is 1. The highest BCUT2D eigenvalue weighted by molar-refractivity contribution is 6.09. The minimum absolute atomic E-state index is 0.0354. The Hall–Kier alpha value is -3.22. The van der Waals surface area contributed by atoms with Gasteiger partial charge in [-0.3, -0.25) is 4.79 Å². The first-order valence-electron chi connectivity index (χ1n) is 7.36. The zero-order valence-corrected chi connectivity index (χ0v) is 12.5. The number of hydrogen-bond donors (Lipinski definition) is 2. The van der Waals surface area contributed by atoms with Gasteiger partial charge in [-0.2, -0.15) is 15.2 Å². The summed E-state index contributed by atoms with van der Waals surface area (Å²) in [5, 5.41) is 24.2. The highest BCUT2D eigenvalue weighted by Crippen LogP contribution is 2.35. The van der Waals surface area contributed by atoms with Crippen LogP contribution >= 0.6 is 0 Å². The molecule has 6 nitrogen and oxygen atoms in total. The van der Waals surface area contributed by atoms with Crippen LogP contribution in [0.3, 0.4) is 0 Å². The molecule has 1 atom stereocenters. The van der Waals surface area contributed by atoms with Gasteiger partial charge in [0.05, 0.1) is 5.56 Å². The van der Waals surface area contributed by atoms with E-state index in [2.05, 4.69) is 10.4 Å². The number of quaternary nitrogens is 1. The van der Waals surface area contributed by atoms with Crippen LogP contribution in [0.2, 0.25) is 0 Å². The fourth-order valence-electron chi connectivity index (χ4n) is 2.84. The lowest BCUT2D eigenvalue weighted by molar-refractivity contribution is 0.0905. The number of amides is 1. The number of rotatable bonds is 2. The fraction of sp³-hybridized carbons (Fsp3) is 0. The second-order valence-electron chi connectivity index (χ2n) is 5.55. The molecule has 3 aromatic rings. The summed E-state index contributed by atoms with van der Waals surface area (Å²) in [6.45, 7) is 0. The Morgan fingerprint density at radius 1 is 1.08 bits per heavy atom. The van der Waals surface area contributed by atoms with Gasteiger partial charge in [0.2, 0.25) is 6.34 Å². The van der Waals surface area contributed by atoms with E-state index in [0.717, 1.165) is 11.7 Å². The molecule has 6 heteroatoms. The van der Waals surface area contributed by atoms with Crippen LogP contribution in [-0.2, 0) is 0 Å². The van der Waals surface area contributed by atoms with Crippen molar-refractivity contribution in [1.29, 1.82) is 0 Å². The third-order valence-electron chi connectivity index (χ3n) is 3.96. The van der Waals surface area contributed by atoms with E-state index in [-0.39, 0.29) is 11.3 Å². The number of phenolic OH excluding ortho intramolecular Hbond substituents is 1. The van der Waals surface area contributed by atoms with Crippen molar-refractivity contribution >= 4 is 34.4 Å². The number of carbonyl (C=O) groups excluding carboxylic acids is 1. The molecule has 0 aliphatic carbocycles. The van der Waals surface area contributed by atoms with Gasteiger partial charge in [0.25, 0.3) is 5.91 Å². The van der Waals surface area contributed by atoms with Crippen molar-refractivity contribution in [3.05, 3.63) is 71.4 Å². The molecule has 3 aromatic carbocycles. The zero-order chi connectivity index (χ0) is 16.7. The first kappa shape index (κ1) is 14.4. The Kier molecular flexibility index (Phi) is 3.09. The SMILES string of the molecule is O=C(N[N+]1([O-])C=Nc2ccccc21)c1cc(O)cc2ccccc12. The van der Waals surface area contributed by atoms with Gasteiger partial charge in [-0.05, 0) is 29.0 Å². The average Bonchev–Trinajstić information content (AvgIpc) is 2.91. The van der Waals surface area contributed by atoms with Crippen LogP contribution in [0.25, 0.3) is 10.8 Å². The molecule has 2 N–H and O–H groups in total. The van der Waals surface area contributed by atoms with Gasteiger partial charge in [0, 0.05) is 6.07 Å². The molecule has 0 saturated heterocycles. The topological polar surface area (TPSA) is 84.8 Å². The van der Waals surface area contributed by atoms with E-state index in [0.29, 0.717) is 16.8 Å². The molecule has 0 radical (unpaired) electrons. The maximum Gasteiger partial charge on any atom is 0.297 e. The van der Waals surface area contributed by atoms with Gasteiger partial charge in [-0.1, -0.05) is 36.4 Å². The summed E-state index contributed by atoms with van der Waals surface area (Å²) in [4.78, 5) is 16.7. The number of nitrogens with zero attached hydrogens (tertiary/aromatic N) is 2. The number of aliphatic imine (C=N–C) groups is 1. The Labute approximate surface area is 137 Å². The Bertz CT molecular complexity index is 1000. The smallest absolute Gasteiger partial charge is 0.297 e. The van der Waals surface area contributed by atoms with Crippen molar-refractivity contribution in [3.63, 3.8) is 0 Å². The van der Waals surface area contributed by atoms with Crippen molar-refractivity contribution in [2.75, 3.05) is 0 Å². The molecule has 4 rings (SSSR count). The molecule has 0 bridgehead atoms. The maximum absolute atomic E-state index is 12.9. The summed E-state index contributed by atoms with van der Waals surface area (Å²) in [5.41, 5.74) is 3.53.